The van der Waals surface area contributed by atoms with Crippen molar-refractivity contribution in [2.24, 2.45) is 11.3 Å². The van der Waals surface area contributed by atoms with Gasteiger partial charge in [0.2, 0.25) is 5.91 Å². The second kappa shape index (κ2) is 19.2. The molecule has 1 saturated carbocycles. The number of amides is 2. The SMILES string of the molecule is CCn1c(-c2cc(N3CCN(C)CC3)cnc2[C@H](C)OC)c2c3cc(ccc31)-c1cc(O)cc(c1)C[C@H](NC(=O)[C@@H](NC)C1CCCC1)C(=O)N1CCC[C@H](N1)C(=O)OCC(C)(C)C2. The Kier molecular flexibility index (Phi) is 13.7. The lowest BCUT2D eigenvalue weighted by Gasteiger charge is -2.36. The zero-order chi connectivity index (χ0) is 45.3. The van der Waals surface area contributed by atoms with Crippen molar-refractivity contribution in [2.75, 3.05) is 65.4 Å². The summed E-state index contributed by atoms with van der Waals surface area (Å²) in [5.41, 5.74) is 11.2. The van der Waals surface area contributed by atoms with Gasteiger partial charge in [0.1, 0.15) is 17.8 Å². The standard InChI is InChI=1S/C50H68N8O6/c1-8-57-43-16-15-34-26-38(43)40(46(57)39-27-36(29-52-44(39)31(2)63-7)56-20-18-55(6)19-21-56)28-50(3,4)30-64-49(62)41-14-11-17-58(54-41)48(61)42(24-32-22-35(34)25-37(59)23-32)53-47(60)45(51-5)33-12-9-10-13-33/h15-16,22-23,25-27,29,31,33,41-42,45,51,54,59H,8-14,17-21,24,28,30H2,1-7H3,(H,53,60)/t31-,41-,42-,45-/m0/s1. The summed E-state index contributed by atoms with van der Waals surface area (Å²) in [6, 6.07) is 12.0. The Labute approximate surface area is 378 Å². The molecule has 3 aliphatic heterocycles. The van der Waals surface area contributed by atoms with Crippen LogP contribution in [0.1, 0.15) is 89.1 Å². The molecule has 14 nitrogen and oxygen atoms in total. The van der Waals surface area contributed by atoms with Gasteiger partial charge in [0, 0.05) is 74.7 Å². The number of rotatable bonds is 9. The van der Waals surface area contributed by atoms with Gasteiger partial charge in [-0.3, -0.25) is 24.4 Å². The molecule has 4 aromatic rings. The first-order valence-corrected chi connectivity index (χ1v) is 23.4. The van der Waals surface area contributed by atoms with E-state index in [1.165, 1.54) is 5.01 Å². The Balaban J connectivity index is 1.27. The van der Waals surface area contributed by atoms with Crippen LogP contribution in [-0.4, -0.2) is 121 Å². The molecule has 344 valence electrons. The highest BCUT2D eigenvalue weighted by atomic mass is 16.5. The van der Waals surface area contributed by atoms with Crippen molar-refractivity contribution < 1.29 is 29.0 Å². The number of aryl methyl sites for hydroxylation is 1. The van der Waals surface area contributed by atoms with Gasteiger partial charge in [-0.05, 0) is 119 Å². The van der Waals surface area contributed by atoms with Gasteiger partial charge in [0.25, 0.3) is 5.91 Å². The van der Waals surface area contributed by atoms with Crippen LogP contribution in [0.3, 0.4) is 0 Å². The van der Waals surface area contributed by atoms with Crippen molar-refractivity contribution in [3.8, 4) is 28.1 Å². The highest BCUT2D eigenvalue weighted by Gasteiger charge is 2.37. The number of nitrogens with one attached hydrogen (secondary N) is 3. The number of hydrogen-bond acceptors (Lipinski definition) is 11. The molecule has 2 aromatic carbocycles. The molecule has 0 spiro atoms. The Bertz CT molecular complexity index is 2350. The highest BCUT2D eigenvalue weighted by molar-refractivity contribution is 5.96. The summed E-state index contributed by atoms with van der Waals surface area (Å²) >= 11 is 0. The van der Waals surface area contributed by atoms with Crippen molar-refractivity contribution in [1.82, 2.24) is 35.5 Å². The van der Waals surface area contributed by atoms with E-state index < -0.39 is 29.5 Å². The maximum atomic E-state index is 14.5. The molecule has 4 aliphatic rings. The fraction of sp³-hybridized carbons (Fsp3) is 0.560. The summed E-state index contributed by atoms with van der Waals surface area (Å²) in [6.45, 7) is 13.4. The van der Waals surface area contributed by atoms with Crippen molar-refractivity contribution in [3.63, 3.8) is 0 Å². The van der Waals surface area contributed by atoms with Gasteiger partial charge >= 0.3 is 5.97 Å². The summed E-state index contributed by atoms with van der Waals surface area (Å²) in [7, 11) is 5.67. The number of methoxy groups -OCH3 is 1. The minimum absolute atomic E-state index is 0.0654. The summed E-state index contributed by atoms with van der Waals surface area (Å²) in [6.07, 6.45) is 7.55. The normalized spacial score (nSPS) is 22.3. The lowest BCUT2D eigenvalue weighted by atomic mass is 9.84. The van der Waals surface area contributed by atoms with Crippen molar-refractivity contribution in [3.05, 3.63) is 65.5 Å². The highest BCUT2D eigenvalue weighted by Crippen LogP contribution is 2.43. The van der Waals surface area contributed by atoms with Crippen LogP contribution < -0.4 is 21.0 Å². The number of phenolic OH excluding ortho intramolecular Hbond substituents is 1. The number of ether oxygens (including phenoxy) is 2. The Morgan fingerprint density at radius 2 is 1.78 bits per heavy atom. The number of fused-ring (bicyclic) bond motifs is 6. The second-order valence-electron chi connectivity index (χ2n) is 19.3. The average molecular weight is 877 g/mol. The molecule has 2 aromatic heterocycles. The molecule has 0 radical (unpaired) electrons. The first-order chi connectivity index (χ1) is 30.8. The number of hydrogen-bond donors (Lipinski definition) is 4. The van der Waals surface area contributed by atoms with Gasteiger partial charge < -0.3 is 39.6 Å². The molecular weight excluding hydrogens is 809 g/mol. The molecular formula is C50H68N8O6. The van der Waals surface area contributed by atoms with E-state index in [9.17, 15) is 19.5 Å². The number of aromatic nitrogens is 2. The largest absolute Gasteiger partial charge is 0.508 e. The van der Waals surface area contributed by atoms with Gasteiger partial charge in [0.05, 0.1) is 42.0 Å². The van der Waals surface area contributed by atoms with E-state index >= 15 is 0 Å². The maximum absolute atomic E-state index is 14.5. The lowest BCUT2D eigenvalue weighted by Crippen LogP contribution is -2.61. The third kappa shape index (κ3) is 9.52. The fourth-order valence-electron chi connectivity index (χ4n) is 10.5. The number of piperazine rings is 1. The van der Waals surface area contributed by atoms with Gasteiger partial charge in [0.15, 0.2) is 0 Å². The Morgan fingerprint density at radius 3 is 2.50 bits per heavy atom. The van der Waals surface area contributed by atoms with E-state index in [-0.39, 0.29) is 42.6 Å². The number of likely N-dealkylation sites (N-methyl/N-ethyl adjacent to an activating group) is 2. The predicted molar refractivity (Wildman–Crippen MR) is 250 cm³/mol. The number of carbonyl (C=O) groups excluding carboxylic acids is 3. The minimum Gasteiger partial charge on any atom is -0.508 e. The minimum atomic E-state index is -0.964. The predicted octanol–water partition coefficient (Wildman–Crippen LogP) is 5.98. The number of anilines is 1. The molecule has 8 rings (SSSR count). The molecule has 5 heterocycles. The molecule has 1 aliphatic carbocycles. The van der Waals surface area contributed by atoms with Crippen LogP contribution in [0.4, 0.5) is 5.69 Å². The van der Waals surface area contributed by atoms with E-state index in [2.05, 4.69) is 82.5 Å². The van der Waals surface area contributed by atoms with E-state index in [4.69, 9.17) is 14.5 Å². The van der Waals surface area contributed by atoms with Crippen LogP contribution in [0, 0.1) is 11.3 Å². The second-order valence-corrected chi connectivity index (χ2v) is 19.3. The molecule has 0 unspecified atom stereocenters. The molecule has 6 bridgehead atoms. The molecule has 3 fully saturated rings. The smallest absolute Gasteiger partial charge is 0.324 e. The van der Waals surface area contributed by atoms with Crippen LogP contribution in [-0.2, 0) is 43.2 Å². The summed E-state index contributed by atoms with van der Waals surface area (Å²) < 4.78 is 14.5. The summed E-state index contributed by atoms with van der Waals surface area (Å²) in [5.74, 6) is -0.743. The summed E-state index contributed by atoms with van der Waals surface area (Å²) in [5, 5.41) is 20.2. The Hall–Kier alpha value is -5.02. The first kappa shape index (κ1) is 45.5. The van der Waals surface area contributed by atoms with Crippen LogP contribution in [0.25, 0.3) is 33.3 Å². The average Bonchev–Trinajstić information content (AvgIpc) is 3.93. The number of phenols is 1. The zero-order valence-electron chi connectivity index (χ0n) is 38.8. The number of cyclic esters (lactones) is 1. The third-order valence-corrected chi connectivity index (χ3v) is 14.1. The van der Waals surface area contributed by atoms with Gasteiger partial charge in [-0.15, -0.1) is 0 Å². The van der Waals surface area contributed by atoms with Crippen molar-refractivity contribution in [2.45, 2.75) is 110 Å². The van der Waals surface area contributed by atoms with Gasteiger partial charge in [-0.1, -0.05) is 38.8 Å². The number of esters is 1. The van der Waals surface area contributed by atoms with Crippen molar-refractivity contribution in [1.29, 1.82) is 0 Å². The van der Waals surface area contributed by atoms with Gasteiger partial charge in [-0.2, -0.15) is 0 Å². The topological polar surface area (TPSA) is 154 Å². The van der Waals surface area contributed by atoms with E-state index in [0.717, 1.165) is 102 Å². The number of aromatic hydroxyl groups is 1. The Morgan fingerprint density at radius 1 is 1.02 bits per heavy atom. The summed E-state index contributed by atoms with van der Waals surface area (Å²) in [4.78, 5) is 52.4. The van der Waals surface area contributed by atoms with Gasteiger partial charge in [-0.25, -0.2) is 5.43 Å². The fourth-order valence-corrected chi connectivity index (χ4v) is 10.5. The number of hydrazine groups is 1. The zero-order valence-corrected chi connectivity index (χ0v) is 38.8. The maximum Gasteiger partial charge on any atom is 0.324 e. The third-order valence-electron chi connectivity index (χ3n) is 14.1. The first-order valence-electron chi connectivity index (χ1n) is 23.4. The van der Waals surface area contributed by atoms with Crippen LogP contribution in [0.5, 0.6) is 5.75 Å². The molecule has 14 heteroatoms. The quantitative estimate of drug-likeness (QED) is 0.147. The monoisotopic (exact) mass is 877 g/mol. The molecule has 4 N–H and O–H groups in total. The number of pyridine rings is 1. The molecule has 64 heavy (non-hydrogen) atoms. The number of benzene rings is 2. The van der Waals surface area contributed by atoms with Crippen LogP contribution in [0.15, 0.2) is 48.7 Å². The van der Waals surface area contributed by atoms with E-state index in [1.807, 2.05) is 19.2 Å². The lowest BCUT2D eigenvalue weighted by molar-refractivity contribution is -0.155. The van der Waals surface area contributed by atoms with Crippen LogP contribution >= 0.6 is 0 Å². The number of carbonyl (C=O) groups is 3. The number of nitrogens with zero attached hydrogens (tertiary/aromatic N) is 5. The van der Waals surface area contributed by atoms with Crippen molar-refractivity contribution >= 4 is 34.4 Å². The van der Waals surface area contributed by atoms with Crippen LogP contribution in [0.2, 0.25) is 0 Å². The van der Waals surface area contributed by atoms with E-state index in [1.54, 1.807) is 26.3 Å². The van der Waals surface area contributed by atoms with E-state index in [0.29, 0.717) is 37.9 Å². The molecule has 4 atom stereocenters. The molecule has 2 saturated heterocycles. The molecule has 2 amide bonds.